The summed E-state index contributed by atoms with van der Waals surface area (Å²) in [7, 11) is 0. The van der Waals surface area contributed by atoms with E-state index < -0.39 is 5.91 Å². The Labute approximate surface area is 135 Å². The number of hydrogen-bond acceptors (Lipinski definition) is 4. The zero-order valence-corrected chi connectivity index (χ0v) is 14.4. The summed E-state index contributed by atoms with van der Waals surface area (Å²) in [6.07, 6.45) is 0. The second kappa shape index (κ2) is 9.33. The van der Waals surface area contributed by atoms with Gasteiger partial charge >= 0.3 is 0 Å². The molecule has 0 aliphatic rings. The van der Waals surface area contributed by atoms with Crippen molar-refractivity contribution in [3.63, 3.8) is 0 Å². The van der Waals surface area contributed by atoms with E-state index in [4.69, 9.17) is 15.2 Å². The van der Waals surface area contributed by atoms with Gasteiger partial charge in [-0.05, 0) is 56.5 Å². The summed E-state index contributed by atoms with van der Waals surface area (Å²) in [6.45, 7) is 4.32. The lowest BCUT2D eigenvalue weighted by Crippen LogP contribution is -2.23. The number of carbonyl (C=O) groups excluding carboxylic acids is 1. The summed E-state index contributed by atoms with van der Waals surface area (Å²) in [4.78, 5) is 10.5. The van der Waals surface area contributed by atoms with Gasteiger partial charge in [-0.3, -0.25) is 4.79 Å². The standard InChI is InChI=1S/C13H18Br2N2O3/c1-2-20-13-10(14)5-9(6-11(13)15)7-17-3-4-19-8-12(16)18/h5-6,17H,2-4,7-8H2,1H3,(H2,16,18). The molecule has 0 spiro atoms. The van der Waals surface area contributed by atoms with Gasteiger partial charge in [0.1, 0.15) is 12.4 Å². The first kappa shape index (κ1) is 17.4. The Balaban J connectivity index is 2.39. The molecular weight excluding hydrogens is 392 g/mol. The van der Waals surface area contributed by atoms with E-state index in [0.29, 0.717) is 26.3 Å². The van der Waals surface area contributed by atoms with Gasteiger partial charge in [-0.15, -0.1) is 0 Å². The fourth-order valence-corrected chi connectivity index (χ4v) is 3.06. The van der Waals surface area contributed by atoms with Crippen molar-refractivity contribution in [3.05, 3.63) is 26.6 Å². The van der Waals surface area contributed by atoms with E-state index in [0.717, 1.165) is 20.3 Å². The minimum atomic E-state index is -0.454. The lowest BCUT2D eigenvalue weighted by atomic mass is 10.2. The third kappa shape index (κ3) is 6.21. The molecule has 1 rings (SSSR count). The van der Waals surface area contributed by atoms with E-state index in [-0.39, 0.29) is 6.61 Å². The van der Waals surface area contributed by atoms with Crippen LogP contribution in [0.3, 0.4) is 0 Å². The highest BCUT2D eigenvalue weighted by molar-refractivity contribution is 9.11. The molecule has 0 fully saturated rings. The molecule has 5 nitrogen and oxygen atoms in total. The van der Waals surface area contributed by atoms with Gasteiger partial charge in [-0.1, -0.05) is 0 Å². The van der Waals surface area contributed by atoms with E-state index >= 15 is 0 Å². The molecule has 1 aromatic carbocycles. The van der Waals surface area contributed by atoms with Gasteiger partial charge in [-0.2, -0.15) is 0 Å². The van der Waals surface area contributed by atoms with Crippen LogP contribution in [0.15, 0.2) is 21.1 Å². The molecule has 1 amide bonds. The number of hydrogen-bond donors (Lipinski definition) is 2. The van der Waals surface area contributed by atoms with E-state index in [1.165, 1.54) is 0 Å². The molecule has 0 unspecified atom stereocenters. The van der Waals surface area contributed by atoms with Gasteiger partial charge in [0.15, 0.2) is 0 Å². The van der Waals surface area contributed by atoms with Crippen molar-refractivity contribution >= 4 is 37.8 Å². The van der Waals surface area contributed by atoms with Gasteiger partial charge in [0.25, 0.3) is 0 Å². The van der Waals surface area contributed by atoms with Crippen molar-refractivity contribution in [2.24, 2.45) is 5.73 Å². The first-order valence-electron chi connectivity index (χ1n) is 6.22. The van der Waals surface area contributed by atoms with Crippen molar-refractivity contribution in [1.29, 1.82) is 0 Å². The molecule has 0 heterocycles. The SMILES string of the molecule is CCOc1c(Br)cc(CNCCOCC(N)=O)cc1Br. The summed E-state index contributed by atoms with van der Waals surface area (Å²) in [5.74, 6) is 0.352. The average Bonchev–Trinajstić information content (AvgIpc) is 2.37. The van der Waals surface area contributed by atoms with Crippen LogP contribution in [0.2, 0.25) is 0 Å². The highest BCUT2D eigenvalue weighted by Gasteiger charge is 2.08. The number of benzene rings is 1. The van der Waals surface area contributed by atoms with Gasteiger partial charge in [-0.25, -0.2) is 0 Å². The van der Waals surface area contributed by atoms with Crippen molar-refractivity contribution in [3.8, 4) is 5.75 Å². The first-order valence-corrected chi connectivity index (χ1v) is 7.80. The lowest BCUT2D eigenvalue weighted by molar-refractivity contribution is -0.122. The van der Waals surface area contributed by atoms with E-state index in [1.54, 1.807) is 0 Å². The Kier molecular flexibility index (Phi) is 8.13. The van der Waals surface area contributed by atoms with Crippen LogP contribution >= 0.6 is 31.9 Å². The van der Waals surface area contributed by atoms with Gasteiger partial charge < -0.3 is 20.5 Å². The molecule has 0 saturated carbocycles. The number of halogens is 2. The Morgan fingerprint density at radius 2 is 2.00 bits per heavy atom. The summed E-state index contributed by atoms with van der Waals surface area (Å²) in [5.41, 5.74) is 6.08. The minimum Gasteiger partial charge on any atom is -0.492 e. The van der Waals surface area contributed by atoms with E-state index in [9.17, 15) is 4.79 Å². The molecule has 0 aliphatic heterocycles. The largest absolute Gasteiger partial charge is 0.492 e. The van der Waals surface area contributed by atoms with Crippen LogP contribution in [-0.2, 0) is 16.1 Å². The molecule has 0 bridgehead atoms. The molecule has 3 N–H and O–H groups in total. The topological polar surface area (TPSA) is 73.6 Å². The molecule has 0 saturated heterocycles. The smallest absolute Gasteiger partial charge is 0.243 e. The summed E-state index contributed by atoms with van der Waals surface area (Å²) < 4.78 is 12.4. The molecule has 112 valence electrons. The predicted molar refractivity (Wildman–Crippen MR) is 84.7 cm³/mol. The fraction of sp³-hybridized carbons (Fsp3) is 0.462. The van der Waals surface area contributed by atoms with Crippen LogP contribution in [0.25, 0.3) is 0 Å². The third-order valence-electron chi connectivity index (χ3n) is 2.34. The maximum atomic E-state index is 10.5. The molecule has 0 aliphatic carbocycles. The predicted octanol–water partition coefficient (Wildman–Crippen LogP) is 2.20. The van der Waals surface area contributed by atoms with Crippen LogP contribution < -0.4 is 15.8 Å². The van der Waals surface area contributed by atoms with Crippen LogP contribution in [0, 0.1) is 0 Å². The van der Waals surface area contributed by atoms with Crippen LogP contribution in [0.4, 0.5) is 0 Å². The Morgan fingerprint density at radius 1 is 1.35 bits per heavy atom. The van der Waals surface area contributed by atoms with Crippen molar-refractivity contribution in [2.75, 3.05) is 26.4 Å². The molecule has 0 radical (unpaired) electrons. The van der Waals surface area contributed by atoms with Gasteiger partial charge in [0, 0.05) is 13.1 Å². The Hall–Kier alpha value is -0.630. The lowest BCUT2D eigenvalue weighted by Gasteiger charge is -2.11. The monoisotopic (exact) mass is 408 g/mol. The summed E-state index contributed by atoms with van der Waals surface area (Å²) in [5, 5.41) is 3.22. The van der Waals surface area contributed by atoms with Crippen molar-refractivity contribution in [1.82, 2.24) is 5.32 Å². The Morgan fingerprint density at radius 3 is 2.55 bits per heavy atom. The molecule has 0 atom stereocenters. The molecule has 20 heavy (non-hydrogen) atoms. The zero-order chi connectivity index (χ0) is 15.0. The number of nitrogens with two attached hydrogens (primary N) is 1. The van der Waals surface area contributed by atoms with Gasteiger partial charge in [0.2, 0.25) is 5.91 Å². The first-order chi connectivity index (χ1) is 9.54. The summed E-state index contributed by atoms with van der Waals surface area (Å²) in [6, 6.07) is 4.01. The van der Waals surface area contributed by atoms with Crippen LogP contribution in [0.5, 0.6) is 5.75 Å². The second-order valence-electron chi connectivity index (χ2n) is 4.02. The fourth-order valence-electron chi connectivity index (χ4n) is 1.55. The number of ether oxygens (including phenoxy) is 2. The Bertz CT molecular complexity index is 432. The van der Waals surface area contributed by atoms with E-state index in [2.05, 4.69) is 37.2 Å². The molecule has 0 aromatic heterocycles. The number of carbonyl (C=O) groups is 1. The number of nitrogens with one attached hydrogen (secondary N) is 1. The summed E-state index contributed by atoms with van der Waals surface area (Å²) >= 11 is 6.98. The van der Waals surface area contributed by atoms with Crippen LogP contribution in [-0.4, -0.2) is 32.3 Å². The number of amides is 1. The number of rotatable bonds is 9. The number of primary amides is 1. The normalized spacial score (nSPS) is 10.6. The van der Waals surface area contributed by atoms with Gasteiger partial charge in [0.05, 0.1) is 22.2 Å². The highest BCUT2D eigenvalue weighted by atomic mass is 79.9. The maximum absolute atomic E-state index is 10.5. The maximum Gasteiger partial charge on any atom is 0.243 e. The van der Waals surface area contributed by atoms with Crippen molar-refractivity contribution < 1.29 is 14.3 Å². The van der Waals surface area contributed by atoms with E-state index in [1.807, 2.05) is 19.1 Å². The second-order valence-corrected chi connectivity index (χ2v) is 5.73. The van der Waals surface area contributed by atoms with Crippen LogP contribution in [0.1, 0.15) is 12.5 Å². The highest BCUT2D eigenvalue weighted by Crippen LogP contribution is 2.34. The molecule has 1 aromatic rings. The third-order valence-corrected chi connectivity index (χ3v) is 3.52. The zero-order valence-electron chi connectivity index (χ0n) is 11.2. The quantitative estimate of drug-likeness (QED) is 0.613. The molecular formula is C13H18Br2N2O3. The molecule has 7 heteroatoms. The minimum absolute atomic E-state index is 0.0399. The van der Waals surface area contributed by atoms with Crippen molar-refractivity contribution in [2.45, 2.75) is 13.5 Å². The average molecular weight is 410 g/mol.